The number of oxazole rings is 2. The molecule has 2 aromatic heterocycles. The van der Waals surface area contributed by atoms with Gasteiger partial charge in [0.2, 0.25) is 5.89 Å². The van der Waals surface area contributed by atoms with Crippen LogP contribution in [0, 0.1) is 0 Å². The van der Waals surface area contributed by atoms with Crippen LogP contribution in [0.1, 0.15) is 127 Å². The number of carbonyl (C=O) groups excluding carboxylic acids is 1. The Kier molecular flexibility index (Phi) is 15.2. The Labute approximate surface area is 220 Å². The van der Waals surface area contributed by atoms with Gasteiger partial charge in [0.05, 0.1) is 24.8 Å². The molecule has 0 unspecified atom stereocenters. The van der Waals surface area contributed by atoms with Crippen molar-refractivity contribution in [2.45, 2.75) is 135 Å². The molecule has 0 radical (unpaired) electrons. The van der Waals surface area contributed by atoms with Gasteiger partial charge in [0, 0.05) is 12.8 Å². The number of ether oxygens (including phenoxy) is 1. The van der Waals surface area contributed by atoms with Crippen molar-refractivity contribution in [2.75, 3.05) is 0 Å². The van der Waals surface area contributed by atoms with Gasteiger partial charge in [-0.1, -0.05) is 77.6 Å². The van der Waals surface area contributed by atoms with E-state index in [0.717, 1.165) is 19.3 Å². The maximum atomic E-state index is 12.6. The number of carbonyl (C=O) groups is 1. The second kappa shape index (κ2) is 18.1. The normalized spacial score (nSPS) is 14.8. The van der Waals surface area contributed by atoms with Crippen molar-refractivity contribution in [3.05, 3.63) is 36.2 Å². The Balaban J connectivity index is 1.75. The lowest BCUT2D eigenvalue weighted by Crippen LogP contribution is -2.37. The van der Waals surface area contributed by atoms with Crippen molar-refractivity contribution in [3.8, 4) is 0 Å². The van der Waals surface area contributed by atoms with Crippen LogP contribution in [0.25, 0.3) is 0 Å². The van der Waals surface area contributed by atoms with Crippen molar-refractivity contribution in [1.82, 2.24) is 9.97 Å². The van der Waals surface area contributed by atoms with E-state index in [4.69, 9.17) is 13.6 Å². The summed E-state index contributed by atoms with van der Waals surface area (Å²) in [4.78, 5) is 20.8. The van der Waals surface area contributed by atoms with Crippen LogP contribution in [0.15, 0.2) is 27.7 Å². The highest BCUT2D eigenvalue weighted by atomic mass is 16.5. The summed E-state index contributed by atoms with van der Waals surface area (Å²) in [6.07, 6.45) is 14.4. The fraction of sp³-hybridized carbons (Fsp3) is 0.750. The Morgan fingerprint density at radius 2 is 1.57 bits per heavy atom. The summed E-state index contributed by atoms with van der Waals surface area (Å²) in [6.45, 7) is 3.62. The van der Waals surface area contributed by atoms with Crippen LogP contribution in [0.4, 0.5) is 0 Å². The lowest BCUT2D eigenvalue weighted by atomic mass is 10.0. The standard InChI is InChI=1S/C28H46N2O7/c1-3-4-5-6-7-8-9-10-11-12-13-14-15-27(33)37-25(17-24(32)28(34)21(2)31)23-19-35-26(30-23)16-22-18-29-20-36-22/h18-21,24-25,28,31-32,34H,3-17H2,1-2H3/t21-,24-,25+,28+/m0/s1. The van der Waals surface area contributed by atoms with Gasteiger partial charge in [-0.15, -0.1) is 0 Å². The third kappa shape index (κ3) is 12.7. The number of hydrogen-bond donors (Lipinski definition) is 3. The van der Waals surface area contributed by atoms with E-state index in [9.17, 15) is 20.1 Å². The van der Waals surface area contributed by atoms with E-state index in [-0.39, 0.29) is 19.3 Å². The molecule has 2 aromatic rings. The minimum Gasteiger partial charge on any atom is -0.456 e. The van der Waals surface area contributed by atoms with Crippen LogP contribution in [0.2, 0.25) is 0 Å². The van der Waals surface area contributed by atoms with Gasteiger partial charge in [0.1, 0.15) is 29.9 Å². The van der Waals surface area contributed by atoms with Crippen molar-refractivity contribution in [3.63, 3.8) is 0 Å². The van der Waals surface area contributed by atoms with E-state index in [1.165, 1.54) is 77.4 Å². The number of esters is 1. The van der Waals surface area contributed by atoms with Gasteiger partial charge in [-0.3, -0.25) is 4.79 Å². The first-order valence-electron chi connectivity index (χ1n) is 14.0. The molecule has 2 heterocycles. The molecule has 4 atom stereocenters. The molecule has 0 aliphatic rings. The van der Waals surface area contributed by atoms with Gasteiger partial charge in [0.15, 0.2) is 6.39 Å². The molecule has 0 saturated carbocycles. The maximum Gasteiger partial charge on any atom is 0.306 e. The smallest absolute Gasteiger partial charge is 0.306 e. The molecule has 0 fully saturated rings. The summed E-state index contributed by atoms with van der Waals surface area (Å²) in [7, 11) is 0. The van der Waals surface area contributed by atoms with Crippen molar-refractivity contribution < 1.29 is 33.7 Å². The van der Waals surface area contributed by atoms with E-state index in [0.29, 0.717) is 17.3 Å². The summed E-state index contributed by atoms with van der Waals surface area (Å²) in [5.74, 6) is 0.522. The molecule has 0 bridgehead atoms. The van der Waals surface area contributed by atoms with Gasteiger partial charge in [-0.25, -0.2) is 9.97 Å². The number of rotatable bonds is 21. The quantitative estimate of drug-likeness (QED) is 0.145. The first kappa shape index (κ1) is 31.0. The topological polar surface area (TPSA) is 139 Å². The zero-order valence-corrected chi connectivity index (χ0v) is 22.5. The van der Waals surface area contributed by atoms with Crippen molar-refractivity contribution in [2.24, 2.45) is 0 Å². The number of nitrogens with zero attached hydrogens (tertiary/aromatic N) is 2. The number of aliphatic hydroxyl groups excluding tert-OH is 3. The lowest BCUT2D eigenvalue weighted by Gasteiger charge is -2.24. The van der Waals surface area contributed by atoms with Crippen LogP contribution in [0.3, 0.4) is 0 Å². The highest BCUT2D eigenvalue weighted by Crippen LogP contribution is 2.26. The third-order valence-corrected chi connectivity index (χ3v) is 6.56. The van der Waals surface area contributed by atoms with E-state index in [1.54, 1.807) is 6.20 Å². The van der Waals surface area contributed by atoms with Gasteiger partial charge in [0.25, 0.3) is 0 Å². The molecule has 0 aliphatic carbocycles. The zero-order valence-electron chi connectivity index (χ0n) is 22.5. The first-order valence-corrected chi connectivity index (χ1v) is 14.0. The molecule has 0 amide bonds. The van der Waals surface area contributed by atoms with Crippen molar-refractivity contribution >= 4 is 5.97 Å². The van der Waals surface area contributed by atoms with E-state index < -0.39 is 30.4 Å². The number of unbranched alkanes of at least 4 members (excludes halogenated alkanes) is 11. The van der Waals surface area contributed by atoms with Crippen LogP contribution in [-0.4, -0.2) is 49.6 Å². The fourth-order valence-electron chi connectivity index (χ4n) is 4.27. The monoisotopic (exact) mass is 522 g/mol. The number of hydrogen-bond acceptors (Lipinski definition) is 9. The lowest BCUT2D eigenvalue weighted by molar-refractivity contribution is -0.153. The second-order valence-corrected chi connectivity index (χ2v) is 9.96. The summed E-state index contributed by atoms with van der Waals surface area (Å²) in [6, 6.07) is 0. The van der Waals surface area contributed by atoms with E-state index in [1.807, 2.05) is 0 Å². The second-order valence-electron chi connectivity index (χ2n) is 9.96. The molecular formula is C28H46N2O7. The predicted molar refractivity (Wildman–Crippen MR) is 139 cm³/mol. The molecule has 0 saturated heterocycles. The van der Waals surface area contributed by atoms with Gasteiger partial charge in [-0.2, -0.15) is 0 Å². The minimum absolute atomic E-state index is 0.121. The molecule has 37 heavy (non-hydrogen) atoms. The summed E-state index contributed by atoms with van der Waals surface area (Å²) >= 11 is 0. The Morgan fingerprint density at radius 3 is 2.14 bits per heavy atom. The molecule has 9 nitrogen and oxygen atoms in total. The van der Waals surface area contributed by atoms with Crippen LogP contribution in [0.5, 0.6) is 0 Å². The number of aromatic nitrogens is 2. The van der Waals surface area contributed by atoms with Crippen LogP contribution < -0.4 is 0 Å². The Hall–Kier alpha value is -2.23. The highest BCUT2D eigenvalue weighted by molar-refractivity contribution is 5.69. The average Bonchev–Trinajstić information content (AvgIpc) is 3.56. The molecule has 9 heteroatoms. The van der Waals surface area contributed by atoms with Gasteiger partial charge < -0.3 is 28.9 Å². The fourth-order valence-corrected chi connectivity index (χ4v) is 4.27. The minimum atomic E-state index is -1.38. The van der Waals surface area contributed by atoms with Crippen LogP contribution >= 0.6 is 0 Å². The largest absolute Gasteiger partial charge is 0.456 e. The SMILES string of the molecule is CCCCCCCCCCCCCCC(=O)O[C@H](C[C@H](O)[C@H](O)[C@H](C)O)c1coc(Cc2cnco2)n1. The third-order valence-electron chi connectivity index (χ3n) is 6.56. The first-order chi connectivity index (χ1) is 17.9. The average molecular weight is 523 g/mol. The molecule has 210 valence electrons. The zero-order chi connectivity index (χ0) is 26.9. The molecular weight excluding hydrogens is 476 g/mol. The predicted octanol–water partition coefficient (Wildman–Crippen LogP) is 5.42. The molecule has 2 rings (SSSR count). The highest BCUT2D eigenvalue weighted by Gasteiger charge is 2.29. The summed E-state index contributed by atoms with van der Waals surface area (Å²) < 4.78 is 16.3. The van der Waals surface area contributed by atoms with Crippen molar-refractivity contribution in [1.29, 1.82) is 0 Å². The Bertz CT molecular complexity index is 837. The maximum absolute atomic E-state index is 12.6. The molecule has 3 N–H and O–H groups in total. The molecule has 0 spiro atoms. The van der Waals surface area contributed by atoms with Gasteiger partial charge >= 0.3 is 5.97 Å². The summed E-state index contributed by atoms with van der Waals surface area (Å²) in [5.41, 5.74) is 0.328. The van der Waals surface area contributed by atoms with E-state index >= 15 is 0 Å². The Morgan fingerprint density at radius 1 is 0.946 bits per heavy atom. The summed E-state index contributed by atoms with van der Waals surface area (Å²) in [5, 5.41) is 30.0. The van der Waals surface area contributed by atoms with E-state index in [2.05, 4.69) is 16.9 Å². The molecule has 0 aliphatic heterocycles. The van der Waals surface area contributed by atoms with Gasteiger partial charge in [-0.05, 0) is 13.3 Å². The number of aliphatic hydroxyl groups is 3. The van der Waals surface area contributed by atoms with Crippen LogP contribution in [-0.2, 0) is 16.0 Å². The molecule has 0 aromatic carbocycles.